The van der Waals surface area contributed by atoms with Crippen molar-refractivity contribution in [3.63, 3.8) is 0 Å². The number of carbonyl (C=O) groups is 1. The normalized spacial score (nSPS) is 10.1. The van der Waals surface area contributed by atoms with E-state index >= 15 is 0 Å². The molecule has 0 saturated heterocycles. The van der Waals surface area contributed by atoms with E-state index in [1.807, 2.05) is 6.92 Å². The third-order valence-corrected chi connectivity index (χ3v) is 3.72. The molecule has 0 heterocycles. The second kappa shape index (κ2) is 10.2. The Hall–Kier alpha value is -1.66. The van der Waals surface area contributed by atoms with E-state index in [1.54, 1.807) is 30.3 Å². The van der Waals surface area contributed by atoms with Gasteiger partial charge in [-0.3, -0.25) is 0 Å². The van der Waals surface area contributed by atoms with Crippen molar-refractivity contribution in [3.05, 3.63) is 43.0 Å². The zero-order valence-corrected chi connectivity index (χ0v) is 12.7. The van der Waals surface area contributed by atoms with Crippen LogP contribution in [0, 0.1) is 0 Å². The van der Waals surface area contributed by atoms with Gasteiger partial charge < -0.3 is 4.74 Å². The maximum absolute atomic E-state index is 11.6. The molecule has 0 bridgehead atoms. The van der Waals surface area contributed by atoms with Crippen LogP contribution in [0.3, 0.4) is 0 Å². The molecule has 1 N–H and O–H groups in total. The first-order chi connectivity index (χ1) is 9.47. The van der Waals surface area contributed by atoms with E-state index in [-0.39, 0.29) is 0 Å². The molecule has 1 rings (SSSR count). The largest absolute Gasteiger partial charge is 0.466 e. The smallest absolute Gasteiger partial charge is 0.329 e. The van der Waals surface area contributed by atoms with Gasteiger partial charge in [-0.15, -0.1) is 0 Å². The second-order valence-electron chi connectivity index (χ2n) is 3.79. The van der Waals surface area contributed by atoms with Crippen molar-refractivity contribution in [2.75, 3.05) is 13.7 Å². The van der Waals surface area contributed by atoms with Gasteiger partial charge in [0.05, 0.1) is 12.0 Å². The molecule has 0 radical (unpaired) electrons. The van der Waals surface area contributed by atoms with E-state index < -0.39 is 16.0 Å². The Morgan fingerprint density at radius 3 is 2.35 bits per heavy atom. The molecule has 0 spiro atoms. The molecule has 6 heteroatoms. The Bertz CT molecular complexity index is 497. The van der Waals surface area contributed by atoms with Crippen LogP contribution in [0.25, 0.3) is 0 Å². The Morgan fingerprint density at radius 2 is 1.95 bits per heavy atom. The van der Waals surface area contributed by atoms with E-state index in [1.165, 1.54) is 7.11 Å². The SMILES string of the molecule is C=CC(=O)OC.CCCCNS(=O)(=O)c1ccccc1. The Balaban J connectivity index is 0.000000511. The van der Waals surface area contributed by atoms with Gasteiger partial charge in [-0.2, -0.15) is 0 Å². The molecular formula is C14H21NO4S. The minimum Gasteiger partial charge on any atom is -0.466 e. The fraction of sp³-hybridized carbons (Fsp3) is 0.357. The standard InChI is InChI=1S/C10H15NO2S.C4H6O2/c1-2-3-9-11-14(12,13)10-7-5-4-6-8-10;1-3-4(5)6-2/h4-8,11H,2-3,9H2,1H3;3H,1H2,2H3. The summed E-state index contributed by atoms with van der Waals surface area (Å²) in [5.41, 5.74) is 0. The van der Waals surface area contributed by atoms with Gasteiger partial charge in [0.2, 0.25) is 10.0 Å². The van der Waals surface area contributed by atoms with Crippen LogP contribution in [-0.2, 0) is 19.6 Å². The van der Waals surface area contributed by atoms with Gasteiger partial charge in [0.15, 0.2) is 0 Å². The number of nitrogens with one attached hydrogen (secondary N) is 1. The summed E-state index contributed by atoms with van der Waals surface area (Å²) in [6, 6.07) is 8.41. The highest BCUT2D eigenvalue weighted by Crippen LogP contribution is 2.06. The zero-order chi connectivity index (χ0) is 15.4. The van der Waals surface area contributed by atoms with E-state index in [0.29, 0.717) is 11.4 Å². The number of hydrogen-bond acceptors (Lipinski definition) is 4. The van der Waals surface area contributed by atoms with Crippen molar-refractivity contribution in [2.24, 2.45) is 0 Å². The van der Waals surface area contributed by atoms with Crippen LogP contribution in [0.2, 0.25) is 0 Å². The minimum atomic E-state index is -3.28. The molecule has 0 unspecified atom stereocenters. The quantitative estimate of drug-likeness (QED) is 0.496. The highest BCUT2D eigenvalue weighted by atomic mass is 32.2. The molecule has 1 aromatic rings. The number of hydrogen-bond donors (Lipinski definition) is 1. The van der Waals surface area contributed by atoms with Gasteiger partial charge in [0.1, 0.15) is 0 Å². The molecule has 0 aliphatic rings. The maximum atomic E-state index is 11.6. The van der Waals surface area contributed by atoms with Crippen LogP contribution in [0.1, 0.15) is 19.8 Å². The Morgan fingerprint density at radius 1 is 1.35 bits per heavy atom. The van der Waals surface area contributed by atoms with E-state index in [4.69, 9.17) is 0 Å². The van der Waals surface area contributed by atoms with Crippen molar-refractivity contribution in [1.29, 1.82) is 0 Å². The average molecular weight is 299 g/mol. The molecule has 0 saturated carbocycles. The number of methoxy groups -OCH3 is 1. The number of ether oxygens (including phenoxy) is 1. The highest BCUT2D eigenvalue weighted by molar-refractivity contribution is 7.89. The molecule has 5 nitrogen and oxygen atoms in total. The zero-order valence-electron chi connectivity index (χ0n) is 11.8. The molecule has 0 aliphatic carbocycles. The monoisotopic (exact) mass is 299 g/mol. The van der Waals surface area contributed by atoms with Gasteiger partial charge in [-0.25, -0.2) is 17.9 Å². The summed E-state index contributed by atoms with van der Waals surface area (Å²) in [4.78, 5) is 10.2. The van der Waals surface area contributed by atoms with Crippen molar-refractivity contribution >= 4 is 16.0 Å². The summed E-state index contributed by atoms with van der Waals surface area (Å²) in [5.74, 6) is -0.394. The van der Waals surface area contributed by atoms with Gasteiger partial charge in [0, 0.05) is 12.6 Å². The van der Waals surface area contributed by atoms with Crippen LogP contribution in [0.15, 0.2) is 47.9 Å². The van der Waals surface area contributed by atoms with Crippen molar-refractivity contribution in [2.45, 2.75) is 24.7 Å². The molecule has 0 atom stereocenters. The summed E-state index contributed by atoms with van der Waals surface area (Å²) in [6.45, 7) is 5.69. The number of sulfonamides is 1. The molecule has 20 heavy (non-hydrogen) atoms. The van der Waals surface area contributed by atoms with Gasteiger partial charge in [-0.05, 0) is 18.6 Å². The summed E-state index contributed by atoms with van der Waals surface area (Å²) < 4.78 is 29.9. The van der Waals surface area contributed by atoms with Crippen LogP contribution in [-0.4, -0.2) is 28.0 Å². The molecular weight excluding hydrogens is 278 g/mol. The van der Waals surface area contributed by atoms with E-state index in [2.05, 4.69) is 16.0 Å². The third-order valence-electron chi connectivity index (χ3n) is 2.24. The van der Waals surface area contributed by atoms with Crippen molar-refractivity contribution in [3.8, 4) is 0 Å². The molecule has 0 amide bonds. The Kier molecular flexibility index (Phi) is 9.32. The lowest BCUT2D eigenvalue weighted by Gasteiger charge is -2.04. The lowest BCUT2D eigenvalue weighted by atomic mass is 10.3. The van der Waals surface area contributed by atoms with Gasteiger partial charge in [-0.1, -0.05) is 38.1 Å². The minimum absolute atomic E-state index is 0.330. The predicted octanol–water partition coefficient (Wildman–Crippen LogP) is 2.11. The van der Waals surface area contributed by atoms with Crippen LogP contribution in [0.4, 0.5) is 0 Å². The van der Waals surface area contributed by atoms with Gasteiger partial charge >= 0.3 is 5.97 Å². The van der Waals surface area contributed by atoms with Crippen LogP contribution < -0.4 is 4.72 Å². The first-order valence-electron chi connectivity index (χ1n) is 6.23. The molecule has 0 aliphatic heterocycles. The summed E-state index contributed by atoms with van der Waals surface area (Å²) in [7, 11) is -1.97. The maximum Gasteiger partial charge on any atom is 0.329 e. The number of esters is 1. The first-order valence-corrected chi connectivity index (χ1v) is 7.71. The molecule has 0 aromatic heterocycles. The Labute approximate surface area is 120 Å². The van der Waals surface area contributed by atoms with Crippen molar-refractivity contribution < 1.29 is 17.9 Å². The third kappa shape index (κ3) is 7.70. The van der Waals surface area contributed by atoms with Gasteiger partial charge in [0.25, 0.3) is 0 Å². The van der Waals surface area contributed by atoms with Crippen LogP contribution >= 0.6 is 0 Å². The van der Waals surface area contributed by atoms with E-state index in [9.17, 15) is 13.2 Å². The number of benzene rings is 1. The fourth-order valence-electron chi connectivity index (χ4n) is 1.15. The predicted molar refractivity (Wildman–Crippen MR) is 78.8 cm³/mol. The van der Waals surface area contributed by atoms with Crippen molar-refractivity contribution in [1.82, 2.24) is 4.72 Å². The second-order valence-corrected chi connectivity index (χ2v) is 5.56. The first kappa shape index (κ1) is 18.3. The summed E-state index contributed by atoms with van der Waals surface area (Å²) >= 11 is 0. The lowest BCUT2D eigenvalue weighted by molar-refractivity contribution is -0.134. The highest BCUT2D eigenvalue weighted by Gasteiger charge is 2.11. The topological polar surface area (TPSA) is 72.5 Å². The summed E-state index contributed by atoms with van der Waals surface area (Å²) in [6.07, 6.45) is 2.96. The molecule has 112 valence electrons. The average Bonchev–Trinajstić information content (AvgIpc) is 2.48. The van der Waals surface area contributed by atoms with Crippen LogP contribution in [0.5, 0.6) is 0 Å². The number of unbranched alkanes of at least 4 members (excludes halogenated alkanes) is 1. The number of carbonyl (C=O) groups excluding carboxylic acids is 1. The van der Waals surface area contributed by atoms with E-state index in [0.717, 1.165) is 18.9 Å². The lowest BCUT2D eigenvalue weighted by Crippen LogP contribution is -2.24. The summed E-state index contributed by atoms with van der Waals surface area (Å²) in [5, 5.41) is 0. The molecule has 0 fully saturated rings. The molecule has 1 aromatic carbocycles. The fourth-order valence-corrected chi connectivity index (χ4v) is 2.24. The number of rotatable bonds is 6.